The number of halogens is 3. The second-order valence-electron chi connectivity index (χ2n) is 9.01. The molecule has 38 heavy (non-hydrogen) atoms. The van der Waals surface area contributed by atoms with Crippen molar-refractivity contribution >= 4 is 11.8 Å². The third kappa shape index (κ3) is 4.54. The molecule has 2 aromatic heterocycles. The standard InChI is InChI=1S/C25H21F3N6O4/c26-25(27,28)13-38-16-2-3-17-15(9-16)5-6-24(17)10-18-20(22(36)32-24)21(23(37)30-7-8-35)34(33-18)19-4-1-14(11-29)12-31-19/h1-4,9,12,35H,5-8,10,13H2,(H,30,37)(H,32,36)/t24-/m0/s1. The Bertz CT molecular complexity index is 1460. The maximum atomic E-state index is 13.5. The highest BCUT2D eigenvalue weighted by atomic mass is 19.4. The summed E-state index contributed by atoms with van der Waals surface area (Å²) in [6.45, 7) is -1.76. The van der Waals surface area contributed by atoms with E-state index in [4.69, 9.17) is 15.1 Å². The lowest BCUT2D eigenvalue weighted by Gasteiger charge is -2.35. The minimum atomic E-state index is -4.46. The molecule has 5 rings (SSSR count). The van der Waals surface area contributed by atoms with Crippen LogP contribution in [0.15, 0.2) is 36.5 Å². The van der Waals surface area contributed by atoms with Gasteiger partial charge in [0.1, 0.15) is 17.5 Å². The Labute approximate surface area is 214 Å². The van der Waals surface area contributed by atoms with Gasteiger partial charge in [-0.05, 0) is 48.2 Å². The molecule has 3 heterocycles. The van der Waals surface area contributed by atoms with Crippen LogP contribution in [0, 0.1) is 11.3 Å². The van der Waals surface area contributed by atoms with E-state index in [9.17, 15) is 22.8 Å². The first kappa shape index (κ1) is 25.2. The van der Waals surface area contributed by atoms with Gasteiger partial charge >= 0.3 is 6.18 Å². The Morgan fingerprint density at radius 3 is 2.82 bits per heavy atom. The number of nitriles is 1. The lowest BCUT2D eigenvalue weighted by molar-refractivity contribution is -0.153. The SMILES string of the molecule is N#Cc1ccc(-n2nc3c(c2C(=O)NCCO)C(=O)N[C@@]2(CCc4cc(OCC(F)(F)F)ccc42)C3)nc1. The highest BCUT2D eigenvalue weighted by Gasteiger charge is 2.47. The number of ether oxygens (including phenoxy) is 1. The Morgan fingerprint density at radius 2 is 2.13 bits per heavy atom. The van der Waals surface area contributed by atoms with Gasteiger partial charge in [0, 0.05) is 19.2 Å². The van der Waals surface area contributed by atoms with Crippen LogP contribution < -0.4 is 15.4 Å². The zero-order valence-electron chi connectivity index (χ0n) is 19.8. The van der Waals surface area contributed by atoms with Gasteiger partial charge in [0.05, 0.1) is 29.0 Å². The summed E-state index contributed by atoms with van der Waals surface area (Å²) in [5.41, 5.74) is 1.28. The number of aromatic nitrogens is 3. The van der Waals surface area contributed by atoms with Crippen molar-refractivity contribution in [1.82, 2.24) is 25.4 Å². The monoisotopic (exact) mass is 526 g/mol. The van der Waals surface area contributed by atoms with Gasteiger partial charge in [-0.25, -0.2) is 9.67 Å². The zero-order chi connectivity index (χ0) is 27.1. The Morgan fingerprint density at radius 1 is 1.32 bits per heavy atom. The van der Waals surface area contributed by atoms with Crippen LogP contribution in [0.4, 0.5) is 13.2 Å². The second kappa shape index (κ2) is 9.46. The number of fused-ring (bicyclic) bond motifs is 3. The van der Waals surface area contributed by atoms with E-state index < -0.39 is 30.1 Å². The van der Waals surface area contributed by atoms with Crippen molar-refractivity contribution in [3.8, 4) is 17.6 Å². The van der Waals surface area contributed by atoms with E-state index in [1.54, 1.807) is 12.1 Å². The van der Waals surface area contributed by atoms with Crippen molar-refractivity contribution in [2.45, 2.75) is 31.0 Å². The summed E-state index contributed by atoms with van der Waals surface area (Å²) in [5.74, 6) is -0.874. The van der Waals surface area contributed by atoms with Gasteiger partial charge in [-0.1, -0.05) is 6.07 Å². The van der Waals surface area contributed by atoms with Crippen LogP contribution in [0.3, 0.4) is 0 Å². The number of hydrogen-bond acceptors (Lipinski definition) is 7. The molecule has 0 unspecified atom stereocenters. The van der Waals surface area contributed by atoms with Gasteiger partial charge in [-0.15, -0.1) is 0 Å². The fourth-order valence-electron chi connectivity index (χ4n) is 4.94. The first-order valence-electron chi connectivity index (χ1n) is 11.7. The van der Waals surface area contributed by atoms with Gasteiger partial charge in [-0.2, -0.15) is 23.5 Å². The van der Waals surface area contributed by atoms with E-state index >= 15 is 0 Å². The molecule has 3 N–H and O–H groups in total. The summed E-state index contributed by atoms with van der Waals surface area (Å²) in [4.78, 5) is 30.7. The van der Waals surface area contributed by atoms with Crippen LogP contribution in [0.25, 0.3) is 5.82 Å². The van der Waals surface area contributed by atoms with Crippen molar-refractivity contribution in [3.05, 3.63) is 70.2 Å². The average Bonchev–Trinajstić information content (AvgIpc) is 3.44. The van der Waals surface area contributed by atoms with Gasteiger partial charge in [0.25, 0.3) is 11.8 Å². The number of nitrogens with one attached hydrogen (secondary N) is 2. The molecule has 196 valence electrons. The molecule has 0 fully saturated rings. The van der Waals surface area contributed by atoms with Crippen molar-refractivity contribution in [1.29, 1.82) is 5.26 Å². The molecule has 2 aliphatic rings. The number of benzene rings is 1. The molecular weight excluding hydrogens is 505 g/mol. The molecule has 3 aromatic rings. The highest BCUT2D eigenvalue weighted by Crippen LogP contribution is 2.44. The van der Waals surface area contributed by atoms with Crippen molar-refractivity contribution in [2.24, 2.45) is 0 Å². The zero-order valence-corrected chi connectivity index (χ0v) is 19.8. The molecule has 0 bridgehead atoms. The third-order valence-corrected chi connectivity index (χ3v) is 6.53. The maximum absolute atomic E-state index is 13.5. The normalized spacial score (nSPS) is 17.9. The van der Waals surface area contributed by atoms with E-state index in [0.717, 1.165) is 11.1 Å². The highest BCUT2D eigenvalue weighted by molar-refractivity contribution is 6.08. The van der Waals surface area contributed by atoms with Gasteiger partial charge in [-0.3, -0.25) is 9.59 Å². The fraction of sp³-hybridized carbons (Fsp3) is 0.320. The number of aliphatic hydroxyl groups excluding tert-OH is 1. The van der Waals surface area contributed by atoms with Crippen molar-refractivity contribution in [2.75, 3.05) is 19.8 Å². The van der Waals surface area contributed by atoms with Crippen LogP contribution >= 0.6 is 0 Å². The Balaban J connectivity index is 1.53. The minimum absolute atomic E-state index is 0.0444. The smallest absolute Gasteiger partial charge is 0.422 e. The number of amides is 2. The molecule has 0 saturated carbocycles. The number of pyridine rings is 1. The second-order valence-corrected chi connectivity index (χ2v) is 9.01. The molecule has 1 atom stereocenters. The van der Waals surface area contributed by atoms with E-state index in [1.807, 2.05) is 6.07 Å². The summed E-state index contributed by atoms with van der Waals surface area (Å²) in [6, 6.07) is 9.60. The predicted molar refractivity (Wildman–Crippen MR) is 125 cm³/mol. The summed E-state index contributed by atoms with van der Waals surface area (Å²) in [6.07, 6.45) is -1.94. The molecule has 0 saturated heterocycles. The number of alkyl halides is 3. The van der Waals surface area contributed by atoms with Crippen LogP contribution in [-0.4, -0.2) is 57.6 Å². The molecule has 0 radical (unpaired) electrons. The summed E-state index contributed by atoms with van der Waals surface area (Å²) < 4.78 is 43.8. The van der Waals surface area contributed by atoms with Crippen LogP contribution in [0.2, 0.25) is 0 Å². The summed E-state index contributed by atoms with van der Waals surface area (Å²) in [5, 5.41) is 28.3. The number of aryl methyl sites for hydroxylation is 1. The third-order valence-electron chi connectivity index (χ3n) is 6.53. The minimum Gasteiger partial charge on any atom is -0.484 e. The molecule has 1 aliphatic carbocycles. The fourth-order valence-corrected chi connectivity index (χ4v) is 4.94. The molecule has 1 spiro atoms. The number of carbonyl (C=O) groups excluding carboxylic acids is 2. The van der Waals surface area contributed by atoms with Gasteiger partial charge in [0.2, 0.25) is 0 Å². The predicted octanol–water partition coefficient (Wildman–Crippen LogP) is 1.93. The van der Waals surface area contributed by atoms with Crippen molar-refractivity contribution < 1.29 is 32.6 Å². The number of hydrogen-bond donors (Lipinski definition) is 3. The molecular formula is C25H21F3N6O4. The first-order chi connectivity index (χ1) is 18.1. The molecule has 1 aliphatic heterocycles. The molecule has 13 heteroatoms. The van der Waals surface area contributed by atoms with Crippen LogP contribution in [-0.2, 0) is 18.4 Å². The Hall–Kier alpha value is -4.44. The number of carbonyl (C=O) groups is 2. The average molecular weight is 526 g/mol. The summed E-state index contributed by atoms with van der Waals surface area (Å²) >= 11 is 0. The van der Waals surface area contributed by atoms with Crippen molar-refractivity contribution in [3.63, 3.8) is 0 Å². The first-order valence-corrected chi connectivity index (χ1v) is 11.7. The lowest BCUT2D eigenvalue weighted by Crippen LogP contribution is -2.50. The van der Waals surface area contributed by atoms with E-state index in [1.165, 1.54) is 29.1 Å². The van der Waals surface area contributed by atoms with Crippen LogP contribution in [0.5, 0.6) is 5.75 Å². The van der Waals surface area contributed by atoms with E-state index in [2.05, 4.69) is 20.7 Å². The van der Waals surface area contributed by atoms with E-state index in [0.29, 0.717) is 24.1 Å². The quantitative estimate of drug-likeness (QED) is 0.446. The van der Waals surface area contributed by atoms with Crippen LogP contribution in [0.1, 0.15) is 49.7 Å². The number of aliphatic hydroxyl groups is 1. The summed E-state index contributed by atoms with van der Waals surface area (Å²) in [7, 11) is 0. The topological polar surface area (TPSA) is 142 Å². The van der Waals surface area contributed by atoms with Gasteiger partial charge < -0.3 is 20.5 Å². The van der Waals surface area contributed by atoms with Gasteiger partial charge in [0.15, 0.2) is 12.4 Å². The number of nitrogens with zero attached hydrogens (tertiary/aromatic N) is 4. The Kier molecular flexibility index (Phi) is 6.28. The molecule has 10 nitrogen and oxygen atoms in total. The largest absolute Gasteiger partial charge is 0.484 e. The maximum Gasteiger partial charge on any atom is 0.422 e. The lowest BCUT2D eigenvalue weighted by atomic mass is 9.82. The van der Waals surface area contributed by atoms with E-state index in [-0.39, 0.29) is 42.4 Å². The number of rotatable bonds is 6. The molecule has 1 aromatic carbocycles. The molecule has 2 amide bonds.